The minimum absolute atomic E-state index is 0.758. The van der Waals surface area contributed by atoms with E-state index in [2.05, 4.69) is 54.6 Å². The van der Waals surface area contributed by atoms with Gasteiger partial charge in [0.2, 0.25) is 0 Å². The number of rotatable bonds is 6. The van der Waals surface area contributed by atoms with Crippen molar-refractivity contribution in [1.29, 1.82) is 0 Å². The number of pyridine rings is 4. The topological polar surface area (TPSA) is 103 Å². The Hall–Kier alpha value is -5.58. The van der Waals surface area contributed by atoms with Crippen molar-refractivity contribution in [3.05, 3.63) is 122 Å². The van der Waals surface area contributed by atoms with Crippen LogP contribution in [0.2, 0.25) is 0 Å². The van der Waals surface area contributed by atoms with Crippen LogP contribution in [0.25, 0.3) is 75.8 Å². The van der Waals surface area contributed by atoms with Crippen LogP contribution in [0.4, 0.5) is 0 Å². The highest BCUT2D eigenvalue weighted by Crippen LogP contribution is 2.40. The predicted octanol–water partition coefficient (Wildman–Crippen LogP) is 8.12. The number of benzene rings is 2. The van der Waals surface area contributed by atoms with E-state index in [0.717, 1.165) is 75.8 Å². The maximum atomic E-state index is 4.83. The molecule has 0 spiro atoms. The van der Waals surface area contributed by atoms with Gasteiger partial charge in [0.1, 0.15) is 21.4 Å². The molecule has 0 atom stereocenters. The molecule has 0 saturated carbocycles. The van der Waals surface area contributed by atoms with E-state index in [1.165, 1.54) is 22.7 Å². The minimum Gasteiger partial charge on any atom is -0.264 e. The van der Waals surface area contributed by atoms with Crippen LogP contribution in [0, 0.1) is 0 Å². The second kappa shape index (κ2) is 11.3. The number of nitrogens with zero attached hydrogens (tertiary/aromatic N) is 8. The van der Waals surface area contributed by atoms with Crippen LogP contribution in [0.3, 0.4) is 0 Å². The average molecular weight is 605 g/mol. The van der Waals surface area contributed by atoms with Crippen LogP contribution in [0.15, 0.2) is 122 Å². The maximum Gasteiger partial charge on any atom is 0.166 e. The van der Waals surface area contributed by atoms with Gasteiger partial charge in [0.25, 0.3) is 0 Å². The first-order chi connectivity index (χ1) is 21.8. The Labute approximate surface area is 259 Å². The zero-order valence-corrected chi connectivity index (χ0v) is 24.6. The predicted molar refractivity (Wildman–Crippen MR) is 175 cm³/mol. The molecule has 0 saturated heterocycles. The molecule has 0 bridgehead atoms. The van der Waals surface area contributed by atoms with Crippen molar-refractivity contribution >= 4 is 33.4 Å². The lowest BCUT2D eigenvalue weighted by Crippen LogP contribution is -1.88. The third-order valence-corrected chi connectivity index (χ3v) is 9.04. The molecule has 0 N–H and O–H groups in total. The van der Waals surface area contributed by atoms with E-state index in [4.69, 9.17) is 9.97 Å². The van der Waals surface area contributed by atoms with Crippen molar-refractivity contribution in [2.24, 2.45) is 0 Å². The molecule has 0 radical (unpaired) electrons. The van der Waals surface area contributed by atoms with Gasteiger partial charge in [0, 0.05) is 47.0 Å². The summed E-state index contributed by atoms with van der Waals surface area (Å²) in [6.07, 6.45) is 7.12. The molecule has 2 aromatic carbocycles. The van der Waals surface area contributed by atoms with Crippen molar-refractivity contribution in [1.82, 2.24) is 40.3 Å². The van der Waals surface area contributed by atoms with Crippen LogP contribution in [0.5, 0.6) is 0 Å². The molecule has 0 fully saturated rings. The van der Waals surface area contributed by atoms with Crippen molar-refractivity contribution in [3.63, 3.8) is 0 Å². The van der Waals surface area contributed by atoms with Gasteiger partial charge in [-0.05, 0) is 59.3 Å². The van der Waals surface area contributed by atoms with Crippen LogP contribution >= 0.6 is 22.7 Å². The first-order valence-corrected chi connectivity index (χ1v) is 15.4. The molecule has 10 heteroatoms. The molecule has 8 rings (SSSR count). The third-order valence-electron chi connectivity index (χ3n) is 7.09. The summed E-state index contributed by atoms with van der Waals surface area (Å²) >= 11 is 3.04. The zero-order valence-electron chi connectivity index (χ0n) is 22.9. The van der Waals surface area contributed by atoms with Gasteiger partial charge in [-0.15, -0.1) is 20.4 Å². The van der Waals surface area contributed by atoms with Crippen molar-refractivity contribution in [3.8, 4) is 65.1 Å². The normalized spacial score (nSPS) is 11.2. The lowest BCUT2D eigenvalue weighted by molar-refractivity contribution is 1.09. The Morgan fingerprint density at radius 1 is 0.386 bits per heavy atom. The lowest BCUT2D eigenvalue weighted by Gasteiger charge is -2.07. The summed E-state index contributed by atoms with van der Waals surface area (Å²) in [7, 11) is 0. The summed E-state index contributed by atoms with van der Waals surface area (Å²) in [6, 6.07) is 32.1. The van der Waals surface area contributed by atoms with Crippen LogP contribution < -0.4 is 0 Å². The highest BCUT2D eigenvalue weighted by molar-refractivity contribution is 7.18. The van der Waals surface area contributed by atoms with Crippen LogP contribution in [-0.4, -0.2) is 40.3 Å². The summed E-state index contributed by atoms with van der Waals surface area (Å²) in [5, 5.41) is 23.5. The van der Waals surface area contributed by atoms with E-state index in [1.54, 1.807) is 12.4 Å². The third kappa shape index (κ3) is 4.91. The Bertz CT molecular complexity index is 2090. The molecular formula is C34H20N8S2. The van der Waals surface area contributed by atoms with E-state index in [0.29, 0.717) is 0 Å². The maximum absolute atomic E-state index is 4.83. The second-order valence-corrected chi connectivity index (χ2v) is 11.8. The van der Waals surface area contributed by atoms with E-state index in [9.17, 15) is 0 Å². The largest absolute Gasteiger partial charge is 0.264 e. The molecule has 0 aliphatic heterocycles. The van der Waals surface area contributed by atoms with E-state index in [1.807, 2.05) is 85.2 Å². The van der Waals surface area contributed by atoms with Crippen LogP contribution in [-0.2, 0) is 0 Å². The second-order valence-electron chi connectivity index (χ2n) is 9.83. The fourth-order valence-corrected chi connectivity index (χ4v) is 6.71. The smallest absolute Gasteiger partial charge is 0.166 e. The molecule has 0 amide bonds. The summed E-state index contributed by atoms with van der Waals surface area (Å²) in [5.74, 6) is 0. The van der Waals surface area contributed by atoms with E-state index in [-0.39, 0.29) is 0 Å². The number of hydrogen-bond acceptors (Lipinski definition) is 10. The Balaban J connectivity index is 1.13. The number of aromatic nitrogens is 8. The summed E-state index contributed by atoms with van der Waals surface area (Å²) < 4.78 is 0. The number of hydrogen-bond donors (Lipinski definition) is 0. The summed E-state index contributed by atoms with van der Waals surface area (Å²) in [6.45, 7) is 0. The summed E-state index contributed by atoms with van der Waals surface area (Å²) in [5.41, 5.74) is 7.17. The molecule has 8 aromatic rings. The van der Waals surface area contributed by atoms with Gasteiger partial charge in [0.15, 0.2) is 10.0 Å². The van der Waals surface area contributed by atoms with Gasteiger partial charge < -0.3 is 0 Å². The fourth-order valence-electron chi connectivity index (χ4n) is 5.00. The molecule has 0 aliphatic rings. The van der Waals surface area contributed by atoms with E-state index < -0.39 is 0 Å². The SMILES string of the molecule is c1cncc(-c2cccc(-c3nnc(-c4ccc(-c5nnc(-c6cccc(-c7cccnc7)n6)s5)c5ccccc45)s3)n2)c1. The lowest BCUT2D eigenvalue weighted by atomic mass is 10.00. The minimum atomic E-state index is 0.758. The van der Waals surface area contributed by atoms with Gasteiger partial charge in [-0.25, -0.2) is 9.97 Å². The van der Waals surface area contributed by atoms with E-state index >= 15 is 0 Å². The molecule has 6 heterocycles. The Kier molecular flexibility index (Phi) is 6.67. The van der Waals surface area contributed by atoms with Crippen molar-refractivity contribution in [2.75, 3.05) is 0 Å². The Morgan fingerprint density at radius 3 is 1.30 bits per heavy atom. The fraction of sp³-hybridized carbons (Fsp3) is 0. The average Bonchev–Trinajstić information content (AvgIpc) is 3.80. The van der Waals surface area contributed by atoms with Gasteiger partial charge in [0.05, 0.1) is 11.4 Å². The van der Waals surface area contributed by atoms with Gasteiger partial charge in [-0.2, -0.15) is 0 Å². The molecule has 0 aliphatic carbocycles. The van der Waals surface area contributed by atoms with Gasteiger partial charge in [-0.1, -0.05) is 71.2 Å². The monoisotopic (exact) mass is 604 g/mol. The van der Waals surface area contributed by atoms with Crippen molar-refractivity contribution in [2.45, 2.75) is 0 Å². The van der Waals surface area contributed by atoms with Gasteiger partial charge >= 0.3 is 0 Å². The van der Waals surface area contributed by atoms with Crippen molar-refractivity contribution < 1.29 is 0 Å². The number of fused-ring (bicyclic) bond motifs is 1. The molecule has 44 heavy (non-hydrogen) atoms. The zero-order chi connectivity index (χ0) is 29.3. The summed E-state index contributed by atoms with van der Waals surface area (Å²) in [4.78, 5) is 18.1. The standard InChI is InChI=1S/C34H20N8S2/c1-2-10-24-23(9-1)25(31-39-41-33(43-31)29-13-3-11-27(37-29)21-7-5-17-35-19-21)15-16-26(24)32-40-42-34(44-32)30-14-4-12-28(38-30)22-8-6-18-36-20-22/h1-20H. The van der Waals surface area contributed by atoms with Gasteiger partial charge in [-0.3, -0.25) is 9.97 Å². The molecule has 208 valence electrons. The Morgan fingerprint density at radius 2 is 0.841 bits per heavy atom. The first kappa shape index (κ1) is 26.1. The quantitative estimate of drug-likeness (QED) is 0.187. The molecule has 8 nitrogen and oxygen atoms in total. The first-order valence-electron chi connectivity index (χ1n) is 13.8. The molecular weight excluding hydrogens is 585 g/mol. The molecule has 6 aromatic heterocycles. The highest BCUT2D eigenvalue weighted by atomic mass is 32.1. The van der Waals surface area contributed by atoms with Crippen LogP contribution in [0.1, 0.15) is 0 Å². The highest BCUT2D eigenvalue weighted by Gasteiger charge is 2.18. The molecule has 0 unspecified atom stereocenters.